The average Bonchev–Trinajstić information content (AvgIpc) is 2.80. The second-order valence-electron chi connectivity index (χ2n) is 4.58. The molecule has 5 nitrogen and oxygen atoms in total. The summed E-state index contributed by atoms with van der Waals surface area (Å²) in [5.74, 6) is -0.430. The maximum Gasteiger partial charge on any atom is 0.338 e. The van der Waals surface area contributed by atoms with Crippen molar-refractivity contribution in [1.29, 1.82) is 0 Å². The first-order valence-electron chi connectivity index (χ1n) is 6.83. The zero-order valence-corrected chi connectivity index (χ0v) is 12.9. The molecule has 0 bridgehead atoms. The minimum atomic E-state index is -0.430. The number of anilines is 1. The van der Waals surface area contributed by atoms with Crippen molar-refractivity contribution in [2.45, 2.75) is 33.4 Å². The summed E-state index contributed by atoms with van der Waals surface area (Å²) in [4.78, 5) is 12.0. The number of hydrogen-bond acceptors (Lipinski definition) is 4. The van der Waals surface area contributed by atoms with E-state index in [1.807, 2.05) is 13.8 Å². The van der Waals surface area contributed by atoms with Crippen LogP contribution in [0.25, 0.3) is 0 Å². The topological polar surface area (TPSA) is 70.1 Å². The van der Waals surface area contributed by atoms with E-state index in [1.165, 1.54) is 0 Å². The van der Waals surface area contributed by atoms with Crippen LogP contribution in [0.3, 0.4) is 0 Å². The lowest BCUT2D eigenvalue weighted by atomic mass is 10.2. The number of nitrogens with two attached hydrogens (primary N) is 1. The number of rotatable bonds is 5. The maximum atomic E-state index is 12.0. The number of esters is 1. The van der Waals surface area contributed by atoms with Crippen LogP contribution in [0.2, 0.25) is 5.02 Å². The monoisotopic (exact) mass is 307 g/mol. The van der Waals surface area contributed by atoms with Crippen molar-refractivity contribution in [1.82, 2.24) is 9.78 Å². The van der Waals surface area contributed by atoms with E-state index in [9.17, 15) is 4.79 Å². The Morgan fingerprint density at radius 1 is 1.43 bits per heavy atom. The molecule has 1 aromatic heterocycles. The SMILES string of the molecule is CCc1nn(CC)c(COC(=O)c2cccc(N)c2)c1Cl. The molecule has 0 unspecified atom stereocenters. The van der Waals surface area contributed by atoms with Gasteiger partial charge in [-0.2, -0.15) is 5.10 Å². The van der Waals surface area contributed by atoms with Gasteiger partial charge >= 0.3 is 5.97 Å². The molecule has 0 amide bonds. The van der Waals surface area contributed by atoms with E-state index in [0.29, 0.717) is 28.5 Å². The van der Waals surface area contributed by atoms with Gasteiger partial charge in [-0.1, -0.05) is 24.6 Å². The molecule has 0 atom stereocenters. The molecule has 0 aliphatic rings. The lowest BCUT2D eigenvalue weighted by Gasteiger charge is -2.07. The Balaban J connectivity index is 2.13. The number of aromatic nitrogens is 2. The lowest BCUT2D eigenvalue weighted by molar-refractivity contribution is 0.0462. The number of nitrogens with zero attached hydrogens (tertiary/aromatic N) is 2. The molecule has 2 aromatic rings. The van der Waals surface area contributed by atoms with Crippen molar-refractivity contribution < 1.29 is 9.53 Å². The summed E-state index contributed by atoms with van der Waals surface area (Å²) in [5, 5.41) is 4.95. The van der Waals surface area contributed by atoms with Crippen LogP contribution in [0.15, 0.2) is 24.3 Å². The highest BCUT2D eigenvalue weighted by atomic mass is 35.5. The number of ether oxygens (including phenoxy) is 1. The number of carbonyl (C=O) groups is 1. The molecule has 0 radical (unpaired) electrons. The van der Waals surface area contributed by atoms with Crippen molar-refractivity contribution >= 4 is 23.3 Å². The predicted octanol–water partition coefficient (Wildman–Crippen LogP) is 3.06. The van der Waals surface area contributed by atoms with Gasteiger partial charge in [0, 0.05) is 12.2 Å². The second-order valence-corrected chi connectivity index (χ2v) is 4.96. The van der Waals surface area contributed by atoms with Gasteiger partial charge in [0.15, 0.2) is 0 Å². The van der Waals surface area contributed by atoms with E-state index in [0.717, 1.165) is 12.1 Å². The lowest BCUT2D eigenvalue weighted by Crippen LogP contribution is -2.10. The summed E-state index contributed by atoms with van der Waals surface area (Å²) in [6.45, 7) is 4.71. The van der Waals surface area contributed by atoms with Gasteiger partial charge in [-0.05, 0) is 31.5 Å². The zero-order valence-electron chi connectivity index (χ0n) is 12.1. The molecule has 21 heavy (non-hydrogen) atoms. The van der Waals surface area contributed by atoms with Gasteiger partial charge in [0.05, 0.1) is 22.0 Å². The van der Waals surface area contributed by atoms with Crippen molar-refractivity contribution in [2.75, 3.05) is 5.73 Å². The second kappa shape index (κ2) is 6.63. The predicted molar refractivity (Wildman–Crippen MR) is 82.3 cm³/mol. The Bertz CT molecular complexity index is 652. The van der Waals surface area contributed by atoms with Gasteiger partial charge in [0.25, 0.3) is 0 Å². The largest absolute Gasteiger partial charge is 0.456 e. The third-order valence-corrected chi connectivity index (χ3v) is 3.59. The van der Waals surface area contributed by atoms with Gasteiger partial charge in [0.2, 0.25) is 0 Å². The Kier molecular flexibility index (Phi) is 4.85. The molecule has 0 saturated carbocycles. The molecule has 0 aliphatic carbocycles. The quantitative estimate of drug-likeness (QED) is 0.681. The molecule has 6 heteroatoms. The molecular weight excluding hydrogens is 290 g/mol. The normalized spacial score (nSPS) is 10.6. The third kappa shape index (κ3) is 3.36. The fraction of sp³-hybridized carbons (Fsp3) is 0.333. The molecule has 1 aromatic carbocycles. The Labute approximate surface area is 128 Å². The van der Waals surface area contributed by atoms with Crippen molar-refractivity contribution in [3.8, 4) is 0 Å². The van der Waals surface area contributed by atoms with Gasteiger partial charge in [-0.25, -0.2) is 4.79 Å². The van der Waals surface area contributed by atoms with Gasteiger partial charge in [0.1, 0.15) is 6.61 Å². The third-order valence-electron chi connectivity index (χ3n) is 3.16. The van der Waals surface area contributed by atoms with Gasteiger partial charge in [-0.3, -0.25) is 4.68 Å². The van der Waals surface area contributed by atoms with Crippen LogP contribution in [0.4, 0.5) is 5.69 Å². The maximum absolute atomic E-state index is 12.0. The number of nitrogen functional groups attached to an aromatic ring is 1. The molecule has 0 saturated heterocycles. The first kappa shape index (κ1) is 15.4. The first-order valence-corrected chi connectivity index (χ1v) is 7.21. The molecule has 112 valence electrons. The molecule has 2 N–H and O–H groups in total. The number of benzene rings is 1. The van der Waals surface area contributed by atoms with Crippen LogP contribution in [0.5, 0.6) is 0 Å². The number of carbonyl (C=O) groups excluding carboxylic acids is 1. The summed E-state index contributed by atoms with van der Waals surface area (Å²) in [6, 6.07) is 6.67. The first-order chi connectivity index (χ1) is 10.1. The summed E-state index contributed by atoms with van der Waals surface area (Å²) in [7, 11) is 0. The number of aryl methyl sites for hydroxylation is 2. The van der Waals surface area contributed by atoms with Crippen molar-refractivity contribution in [3.05, 3.63) is 46.2 Å². The molecule has 2 rings (SSSR count). The summed E-state index contributed by atoms with van der Waals surface area (Å²) >= 11 is 6.27. The van der Waals surface area contributed by atoms with E-state index in [2.05, 4.69) is 5.10 Å². The Morgan fingerprint density at radius 2 is 2.19 bits per heavy atom. The fourth-order valence-corrected chi connectivity index (χ4v) is 2.36. The standard InChI is InChI=1S/C15H18ClN3O2/c1-3-12-14(16)13(19(4-2)18-12)9-21-15(20)10-6-5-7-11(17)8-10/h5-8H,3-4,9,17H2,1-2H3. The minimum absolute atomic E-state index is 0.0906. The number of halogens is 1. The molecule has 0 fully saturated rings. The number of hydrogen-bond donors (Lipinski definition) is 1. The van der Waals surface area contributed by atoms with Crippen LogP contribution in [0.1, 0.15) is 35.6 Å². The highest BCUT2D eigenvalue weighted by Gasteiger charge is 2.16. The van der Waals surface area contributed by atoms with E-state index >= 15 is 0 Å². The van der Waals surface area contributed by atoms with E-state index < -0.39 is 5.97 Å². The molecule has 1 heterocycles. The van der Waals surface area contributed by atoms with E-state index in [1.54, 1.807) is 28.9 Å². The smallest absolute Gasteiger partial charge is 0.338 e. The van der Waals surface area contributed by atoms with Crippen LogP contribution >= 0.6 is 11.6 Å². The Morgan fingerprint density at radius 3 is 2.81 bits per heavy atom. The molecule has 0 spiro atoms. The minimum Gasteiger partial charge on any atom is -0.456 e. The fourth-order valence-electron chi connectivity index (χ4n) is 2.04. The average molecular weight is 308 g/mol. The highest BCUT2D eigenvalue weighted by Crippen LogP contribution is 2.22. The molecule has 0 aliphatic heterocycles. The zero-order chi connectivity index (χ0) is 15.4. The van der Waals surface area contributed by atoms with Crippen LogP contribution in [0, 0.1) is 0 Å². The summed E-state index contributed by atoms with van der Waals surface area (Å²) in [6.07, 6.45) is 0.738. The van der Waals surface area contributed by atoms with Crippen LogP contribution in [-0.2, 0) is 24.3 Å². The van der Waals surface area contributed by atoms with Crippen molar-refractivity contribution in [3.63, 3.8) is 0 Å². The van der Waals surface area contributed by atoms with Gasteiger partial charge in [-0.15, -0.1) is 0 Å². The van der Waals surface area contributed by atoms with Crippen molar-refractivity contribution in [2.24, 2.45) is 0 Å². The molecular formula is C15H18ClN3O2. The van der Waals surface area contributed by atoms with E-state index in [-0.39, 0.29) is 6.61 Å². The summed E-state index contributed by atoms with van der Waals surface area (Å²) < 4.78 is 7.07. The highest BCUT2D eigenvalue weighted by molar-refractivity contribution is 6.31. The summed E-state index contributed by atoms with van der Waals surface area (Å²) in [5.41, 5.74) is 8.12. The van der Waals surface area contributed by atoms with E-state index in [4.69, 9.17) is 22.1 Å². The van der Waals surface area contributed by atoms with Gasteiger partial charge < -0.3 is 10.5 Å². The van der Waals surface area contributed by atoms with Crippen LogP contribution in [-0.4, -0.2) is 15.7 Å². The van der Waals surface area contributed by atoms with Crippen LogP contribution < -0.4 is 5.73 Å². The Hall–Kier alpha value is -2.01.